The van der Waals surface area contributed by atoms with Crippen molar-refractivity contribution in [3.05, 3.63) is 12.2 Å². The molecule has 0 aromatic rings. The largest absolute Gasteiger partial charge is 0.390 e. The summed E-state index contributed by atoms with van der Waals surface area (Å²) in [6.07, 6.45) is 33.6. The van der Waals surface area contributed by atoms with Crippen LogP contribution in [0.5, 0.6) is 0 Å². The van der Waals surface area contributed by atoms with Crippen molar-refractivity contribution in [2.75, 3.05) is 13.2 Å². The third kappa shape index (κ3) is 31.0. The fraction of sp³-hybridized carbons (Fsp3) is 0.920. The molecule has 7 N–H and O–H groups in total. The van der Waals surface area contributed by atoms with Crippen molar-refractivity contribution >= 4 is 11.8 Å². The summed E-state index contributed by atoms with van der Waals surface area (Å²) in [5, 5.41) is 59.1. The number of ether oxygens (including phenoxy) is 2. The first-order valence-electron chi connectivity index (χ1n) is 25.5. The standard InChI is InChI=1S/C50H96N2O9/c1-4-6-8-10-12-14-16-18-19-20-21-22-23-24-25-26-28-30-32-34-36-38-45(55)52-42(40-60-50-49(59)48(58)47(57)44(61-50)39-51-41(3)53)46(56)43(54)37-35-33-31-29-27-17-15-13-11-9-7-5-2/h18-19,42-44,46-50,54,56-59H,4-17,20-40H2,1-3H3,(H,51,53)(H,52,55)/b19-18+/t42-,43+,44+,46-,47-,48-,49+,50-/m0/s1. The minimum Gasteiger partial charge on any atom is -0.390 e. The topological polar surface area (TPSA) is 178 Å². The van der Waals surface area contributed by atoms with Gasteiger partial charge in [-0.05, 0) is 38.5 Å². The zero-order valence-electron chi connectivity index (χ0n) is 39.4. The Morgan fingerprint density at radius 1 is 0.590 bits per heavy atom. The van der Waals surface area contributed by atoms with Gasteiger partial charge in [-0.25, -0.2) is 0 Å². The zero-order valence-corrected chi connectivity index (χ0v) is 39.4. The van der Waals surface area contributed by atoms with E-state index >= 15 is 0 Å². The second kappa shape index (κ2) is 40.0. The van der Waals surface area contributed by atoms with E-state index in [9.17, 15) is 35.1 Å². The van der Waals surface area contributed by atoms with E-state index < -0.39 is 49.0 Å². The van der Waals surface area contributed by atoms with Gasteiger partial charge in [-0.3, -0.25) is 9.59 Å². The van der Waals surface area contributed by atoms with Gasteiger partial charge in [-0.1, -0.05) is 193 Å². The Morgan fingerprint density at radius 3 is 1.48 bits per heavy atom. The summed E-state index contributed by atoms with van der Waals surface area (Å²) < 4.78 is 11.5. The minimum atomic E-state index is -1.61. The van der Waals surface area contributed by atoms with Crippen molar-refractivity contribution in [2.24, 2.45) is 0 Å². The zero-order chi connectivity index (χ0) is 44.8. The number of hydrogen-bond donors (Lipinski definition) is 7. The molecule has 1 fully saturated rings. The maximum atomic E-state index is 13.1. The number of carbonyl (C=O) groups excluding carboxylic acids is 2. The SMILES string of the molecule is CCCCCCCC/C=C/CCCCCCCCCCCCCC(=O)N[C@@H](CO[C@H]1O[C@H](CNC(C)=O)[C@H](O)[C@H](O)[C@H]1O)[C@H](O)[C@H](O)CCCCCCCCCCCCCC. The Kier molecular flexibility index (Phi) is 37.6. The van der Waals surface area contributed by atoms with Gasteiger partial charge in [0.1, 0.15) is 30.5 Å². The van der Waals surface area contributed by atoms with Crippen LogP contribution in [0, 0.1) is 0 Å². The molecule has 1 aliphatic heterocycles. The van der Waals surface area contributed by atoms with Crippen LogP contribution in [0.4, 0.5) is 0 Å². The number of unbranched alkanes of at least 4 members (excludes halogenated alkanes) is 28. The highest BCUT2D eigenvalue weighted by molar-refractivity contribution is 5.76. The Morgan fingerprint density at radius 2 is 1.02 bits per heavy atom. The van der Waals surface area contributed by atoms with E-state index in [2.05, 4.69) is 36.6 Å². The molecule has 8 atom stereocenters. The molecule has 0 bridgehead atoms. The summed E-state index contributed by atoms with van der Waals surface area (Å²) in [6, 6.07) is -1.00. The van der Waals surface area contributed by atoms with Crippen molar-refractivity contribution < 1.29 is 44.6 Å². The normalized spacial score (nSPS) is 20.8. The monoisotopic (exact) mass is 869 g/mol. The third-order valence-corrected chi connectivity index (χ3v) is 12.3. The van der Waals surface area contributed by atoms with Crippen LogP contribution in [0.25, 0.3) is 0 Å². The molecule has 1 heterocycles. The molecule has 0 aromatic heterocycles. The van der Waals surface area contributed by atoms with Crippen LogP contribution < -0.4 is 10.6 Å². The smallest absolute Gasteiger partial charge is 0.220 e. The van der Waals surface area contributed by atoms with Gasteiger partial charge in [-0.15, -0.1) is 0 Å². The molecule has 2 amide bonds. The highest BCUT2D eigenvalue weighted by atomic mass is 16.7. The summed E-state index contributed by atoms with van der Waals surface area (Å²) in [5.41, 5.74) is 0. The molecule has 11 heteroatoms. The van der Waals surface area contributed by atoms with E-state index in [1.807, 2.05) is 0 Å². The van der Waals surface area contributed by atoms with E-state index in [1.165, 1.54) is 155 Å². The summed E-state index contributed by atoms with van der Waals surface area (Å²) in [6.45, 7) is 5.39. The van der Waals surface area contributed by atoms with Gasteiger partial charge >= 0.3 is 0 Å². The lowest BCUT2D eigenvalue weighted by molar-refractivity contribution is -0.297. The van der Waals surface area contributed by atoms with Crippen LogP contribution in [0.1, 0.15) is 233 Å². The first kappa shape index (κ1) is 57.4. The molecule has 0 saturated carbocycles. The van der Waals surface area contributed by atoms with Crippen LogP contribution in [0.2, 0.25) is 0 Å². The molecule has 0 aromatic carbocycles. The van der Waals surface area contributed by atoms with Gasteiger partial charge in [0, 0.05) is 19.9 Å². The lowest BCUT2D eigenvalue weighted by Gasteiger charge is -2.41. The number of rotatable bonds is 42. The molecule has 0 spiro atoms. The number of aliphatic hydroxyl groups excluding tert-OH is 5. The molecule has 11 nitrogen and oxygen atoms in total. The van der Waals surface area contributed by atoms with Crippen molar-refractivity contribution in [1.29, 1.82) is 0 Å². The molecule has 1 aliphatic rings. The molecule has 0 aliphatic carbocycles. The first-order valence-corrected chi connectivity index (χ1v) is 25.5. The van der Waals surface area contributed by atoms with Gasteiger partial charge in [-0.2, -0.15) is 0 Å². The van der Waals surface area contributed by atoms with Gasteiger partial charge in [0.05, 0.1) is 18.8 Å². The average molecular weight is 869 g/mol. The number of amides is 2. The Hall–Kier alpha value is -1.60. The highest BCUT2D eigenvalue weighted by Crippen LogP contribution is 2.23. The van der Waals surface area contributed by atoms with Crippen LogP contribution in [-0.4, -0.2) is 99.5 Å². The molecule has 1 saturated heterocycles. The summed E-state index contributed by atoms with van der Waals surface area (Å²) in [4.78, 5) is 24.6. The molecule has 1 rings (SSSR count). The molecule has 61 heavy (non-hydrogen) atoms. The molecular weight excluding hydrogens is 773 g/mol. The molecule has 0 unspecified atom stereocenters. The predicted molar refractivity (Wildman–Crippen MR) is 248 cm³/mol. The lowest BCUT2D eigenvalue weighted by atomic mass is 9.98. The van der Waals surface area contributed by atoms with E-state index in [4.69, 9.17) is 9.47 Å². The van der Waals surface area contributed by atoms with Crippen molar-refractivity contribution in [3.8, 4) is 0 Å². The second-order valence-electron chi connectivity index (χ2n) is 18.2. The Bertz CT molecular complexity index is 1050. The van der Waals surface area contributed by atoms with Crippen LogP contribution >= 0.6 is 0 Å². The number of aliphatic hydroxyl groups is 5. The maximum Gasteiger partial charge on any atom is 0.220 e. The van der Waals surface area contributed by atoms with Crippen LogP contribution in [0.3, 0.4) is 0 Å². The predicted octanol–water partition coefficient (Wildman–Crippen LogP) is 9.62. The molecule has 0 radical (unpaired) electrons. The van der Waals surface area contributed by atoms with Crippen molar-refractivity contribution in [2.45, 2.75) is 282 Å². The summed E-state index contributed by atoms with van der Waals surface area (Å²) in [7, 11) is 0. The minimum absolute atomic E-state index is 0.113. The number of carbonyl (C=O) groups is 2. The van der Waals surface area contributed by atoms with E-state index in [-0.39, 0.29) is 31.4 Å². The number of nitrogens with one attached hydrogen (secondary N) is 2. The van der Waals surface area contributed by atoms with Crippen LogP contribution in [0.15, 0.2) is 12.2 Å². The van der Waals surface area contributed by atoms with Crippen LogP contribution in [-0.2, 0) is 19.1 Å². The fourth-order valence-corrected chi connectivity index (χ4v) is 8.22. The second-order valence-corrected chi connectivity index (χ2v) is 18.2. The van der Waals surface area contributed by atoms with E-state index in [0.29, 0.717) is 12.8 Å². The average Bonchev–Trinajstić information content (AvgIpc) is 3.24. The highest BCUT2D eigenvalue weighted by Gasteiger charge is 2.45. The van der Waals surface area contributed by atoms with Gasteiger partial charge in [0.2, 0.25) is 11.8 Å². The third-order valence-electron chi connectivity index (χ3n) is 12.3. The fourth-order valence-electron chi connectivity index (χ4n) is 8.22. The lowest BCUT2D eigenvalue weighted by Crippen LogP contribution is -2.61. The van der Waals surface area contributed by atoms with Crippen molar-refractivity contribution in [3.63, 3.8) is 0 Å². The van der Waals surface area contributed by atoms with Gasteiger partial charge in [0.25, 0.3) is 0 Å². The van der Waals surface area contributed by atoms with Crippen molar-refractivity contribution in [1.82, 2.24) is 10.6 Å². The van der Waals surface area contributed by atoms with Gasteiger partial charge < -0.3 is 45.6 Å². The number of allylic oxidation sites excluding steroid dienone is 2. The van der Waals surface area contributed by atoms with E-state index in [1.54, 1.807) is 0 Å². The quantitative estimate of drug-likeness (QED) is 0.0233. The number of hydrogen-bond acceptors (Lipinski definition) is 9. The molecular formula is C50H96N2O9. The first-order chi connectivity index (χ1) is 29.6. The summed E-state index contributed by atoms with van der Waals surface area (Å²) >= 11 is 0. The Balaban J connectivity index is 2.41. The molecule has 360 valence electrons. The Labute approximate surface area is 373 Å². The summed E-state index contributed by atoms with van der Waals surface area (Å²) in [5.74, 6) is -0.613. The van der Waals surface area contributed by atoms with Gasteiger partial charge in [0.15, 0.2) is 6.29 Å². The maximum absolute atomic E-state index is 13.1. The van der Waals surface area contributed by atoms with E-state index in [0.717, 1.165) is 44.9 Å².